The molecule has 2 unspecified atom stereocenters. The highest BCUT2D eigenvalue weighted by Gasteiger charge is 2.46. The van der Waals surface area contributed by atoms with Gasteiger partial charge in [0.1, 0.15) is 18.3 Å². The number of carboxylic acid groups (broad SMARTS) is 1. The number of ketones is 1. The van der Waals surface area contributed by atoms with Gasteiger partial charge >= 0.3 is 11.9 Å². The molecule has 10 nitrogen and oxygen atoms in total. The molecule has 0 saturated heterocycles. The summed E-state index contributed by atoms with van der Waals surface area (Å²) in [6.45, 7) is 11.1. The number of nitrogens with one attached hydrogen (secondary N) is 1. The molecule has 0 heterocycles. The molecular formula is C26H41NO9. The minimum atomic E-state index is -1.69. The van der Waals surface area contributed by atoms with Crippen molar-refractivity contribution < 1.29 is 44.3 Å². The van der Waals surface area contributed by atoms with Gasteiger partial charge in [-0.2, -0.15) is 0 Å². The van der Waals surface area contributed by atoms with E-state index < -0.39 is 65.2 Å². The highest BCUT2D eigenvalue weighted by molar-refractivity contribution is 5.91. The zero-order valence-corrected chi connectivity index (χ0v) is 22.2. The first kappa shape index (κ1) is 31.5. The zero-order chi connectivity index (χ0) is 28.0. The predicted octanol–water partition coefficient (Wildman–Crippen LogP) is 1.52. The molecule has 1 aliphatic rings. The summed E-state index contributed by atoms with van der Waals surface area (Å²) in [7, 11) is 0. The number of carboxylic acids is 1. The first-order chi connectivity index (χ1) is 16.5. The van der Waals surface area contributed by atoms with E-state index in [2.05, 4.69) is 5.32 Å². The summed E-state index contributed by atoms with van der Waals surface area (Å²) in [4.78, 5) is 48.4. The molecule has 0 bridgehead atoms. The monoisotopic (exact) mass is 511 g/mol. The van der Waals surface area contributed by atoms with Crippen LogP contribution in [0.2, 0.25) is 0 Å². The quantitative estimate of drug-likeness (QED) is 0.171. The fourth-order valence-corrected chi connectivity index (χ4v) is 4.58. The minimum Gasteiger partial charge on any atom is -0.481 e. The summed E-state index contributed by atoms with van der Waals surface area (Å²) in [6, 6.07) is -0.887. The number of aliphatic carboxylic acids is 1. The number of ether oxygens (including phenoxy) is 1. The third kappa shape index (κ3) is 7.72. The molecule has 0 aromatic heterocycles. The lowest BCUT2D eigenvalue weighted by Crippen LogP contribution is -2.55. The topological polar surface area (TPSA) is 170 Å². The number of aliphatic hydroxyl groups excluding tert-OH is 2. The smallest absolute Gasteiger partial charge is 0.308 e. The normalized spacial score (nSPS) is 22.7. The van der Waals surface area contributed by atoms with Crippen molar-refractivity contribution in [2.75, 3.05) is 6.61 Å². The molecule has 0 radical (unpaired) electrons. The van der Waals surface area contributed by atoms with E-state index >= 15 is 0 Å². The number of hydrogen-bond donors (Lipinski definition) is 5. The van der Waals surface area contributed by atoms with Crippen molar-refractivity contribution in [2.45, 2.75) is 91.6 Å². The zero-order valence-electron chi connectivity index (χ0n) is 22.2. The maximum atomic E-state index is 13.0. The van der Waals surface area contributed by atoms with Gasteiger partial charge in [-0.3, -0.25) is 19.2 Å². The average Bonchev–Trinajstić information content (AvgIpc) is 2.74. The van der Waals surface area contributed by atoms with Crippen LogP contribution < -0.4 is 5.32 Å². The van der Waals surface area contributed by atoms with E-state index in [1.807, 2.05) is 0 Å². The van der Waals surface area contributed by atoms with Crippen LogP contribution in [0.1, 0.15) is 67.7 Å². The lowest BCUT2D eigenvalue weighted by Gasteiger charge is -2.42. The molecule has 0 spiro atoms. The maximum Gasteiger partial charge on any atom is 0.308 e. The van der Waals surface area contributed by atoms with Crippen LogP contribution in [-0.2, 0) is 23.9 Å². The van der Waals surface area contributed by atoms with Crippen LogP contribution in [0.25, 0.3) is 0 Å². The fraction of sp³-hybridized carbons (Fsp3) is 0.692. The Morgan fingerprint density at radius 2 is 1.72 bits per heavy atom. The predicted molar refractivity (Wildman–Crippen MR) is 132 cm³/mol. The van der Waals surface area contributed by atoms with E-state index in [-0.39, 0.29) is 18.9 Å². The molecule has 5 N–H and O–H groups in total. The lowest BCUT2D eigenvalue weighted by molar-refractivity contribution is -0.145. The van der Waals surface area contributed by atoms with E-state index in [9.17, 15) is 34.5 Å². The summed E-state index contributed by atoms with van der Waals surface area (Å²) in [6.07, 6.45) is -0.117. The number of carbonyl (C=O) groups is 4. The number of hydrogen-bond acceptors (Lipinski definition) is 8. The second kappa shape index (κ2) is 12.6. The highest BCUT2D eigenvalue weighted by Crippen LogP contribution is 2.37. The summed E-state index contributed by atoms with van der Waals surface area (Å²) in [5.74, 6) is -3.97. The van der Waals surface area contributed by atoms with Gasteiger partial charge in [0.25, 0.3) is 0 Å². The molecule has 0 saturated carbocycles. The van der Waals surface area contributed by atoms with Gasteiger partial charge in [-0.25, -0.2) is 0 Å². The van der Waals surface area contributed by atoms with Crippen molar-refractivity contribution in [1.82, 2.24) is 5.32 Å². The number of Topliss-reactive ketones (excluding diaryl/α,β-unsaturated/α-hetero) is 1. The third-order valence-corrected chi connectivity index (χ3v) is 6.77. The van der Waals surface area contributed by atoms with Gasteiger partial charge in [-0.15, -0.1) is 0 Å². The van der Waals surface area contributed by atoms with Gasteiger partial charge in [0.15, 0.2) is 5.78 Å². The minimum absolute atomic E-state index is 0.222. The molecule has 0 aromatic rings. The van der Waals surface area contributed by atoms with E-state index in [1.165, 1.54) is 19.1 Å². The molecule has 5 atom stereocenters. The van der Waals surface area contributed by atoms with Gasteiger partial charge in [0.2, 0.25) is 5.91 Å². The molecule has 1 aliphatic carbocycles. The Morgan fingerprint density at radius 3 is 2.14 bits per heavy atom. The van der Waals surface area contributed by atoms with Gasteiger partial charge in [0, 0.05) is 18.9 Å². The Hall–Kier alpha value is -2.56. The molecular weight excluding hydrogens is 470 g/mol. The highest BCUT2D eigenvalue weighted by atomic mass is 16.5. The summed E-state index contributed by atoms with van der Waals surface area (Å²) < 4.78 is 5.36. The summed E-state index contributed by atoms with van der Waals surface area (Å²) >= 11 is 0. The number of amides is 1. The van der Waals surface area contributed by atoms with Crippen LogP contribution in [0.4, 0.5) is 0 Å². The van der Waals surface area contributed by atoms with Gasteiger partial charge in [-0.05, 0) is 30.4 Å². The number of carbonyl (C=O) groups excluding carboxylic acids is 3. The molecule has 0 fully saturated rings. The summed E-state index contributed by atoms with van der Waals surface area (Å²) in [5, 5.41) is 43.3. The Kier molecular flexibility index (Phi) is 11.0. The van der Waals surface area contributed by atoms with Crippen LogP contribution in [0, 0.1) is 17.3 Å². The molecule has 1 amide bonds. The molecule has 0 aromatic carbocycles. The van der Waals surface area contributed by atoms with E-state index in [4.69, 9.17) is 9.84 Å². The van der Waals surface area contributed by atoms with Crippen LogP contribution in [0.3, 0.4) is 0 Å². The Bertz CT molecular complexity index is 905. The molecule has 10 heteroatoms. The van der Waals surface area contributed by atoms with Crippen molar-refractivity contribution in [3.8, 4) is 0 Å². The maximum absolute atomic E-state index is 13.0. The van der Waals surface area contributed by atoms with Gasteiger partial charge in [0.05, 0.1) is 24.4 Å². The Balaban J connectivity index is 3.00. The number of rotatable bonds is 14. The van der Waals surface area contributed by atoms with Crippen LogP contribution >= 0.6 is 0 Å². The van der Waals surface area contributed by atoms with E-state index in [0.29, 0.717) is 17.6 Å². The molecule has 0 aliphatic heterocycles. The SMILES string of the molecule is CC[C@H](O)C(C)(C)C(=O)[C@H](O)/C(=C(\C)COC(=O)C[C@@H](NC(C)=O)C1C=CC1(O)CC(=O)O)C(C)C. The van der Waals surface area contributed by atoms with Crippen LogP contribution in [0.5, 0.6) is 0 Å². The molecule has 1 rings (SSSR count). The van der Waals surface area contributed by atoms with Gasteiger partial charge in [-0.1, -0.05) is 46.8 Å². The number of esters is 1. The second-order valence-corrected chi connectivity index (χ2v) is 10.4. The van der Waals surface area contributed by atoms with Crippen LogP contribution in [-0.4, -0.2) is 74.5 Å². The molecule has 204 valence electrons. The number of aliphatic hydroxyl groups is 3. The Morgan fingerprint density at radius 1 is 1.14 bits per heavy atom. The average molecular weight is 512 g/mol. The lowest BCUT2D eigenvalue weighted by atomic mass is 9.70. The third-order valence-electron chi connectivity index (χ3n) is 6.77. The Labute approximate surface area is 212 Å². The van der Waals surface area contributed by atoms with Crippen molar-refractivity contribution in [3.63, 3.8) is 0 Å². The standard InChI is InChI=1S/C26H41NO9/c1-8-19(29)25(6,7)24(34)23(33)22(14(2)3)15(4)13-36-21(32)11-18(27-16(5)28)17-9-10-26(17,35)12-20(30)31/h9-10,14,17-19,23,29,33,35H,8,11-13H2,1-7H3,(H,27,28)(H,30,31)/b22-15+/t17?,18-,19+,23-,26?/m1/s1. The molecule has 36 heavy (non-hydrogen) atoms. The van der Waals surface area contributed by atoms with Gasteiger partial charge < -0.3 is 30.5 Å². The van der Waals surface area contributed by atoms with Crippen LogP contribution in [0.15, 0.2) is 23.3 Å². The second-order valence-electron chi connectivity index (χ2n) is 10.4. The van der Waals surface area contributed by atoms with Crippen molar-refractivity contribution in [3.05, 3.63) is 23.3 Å². The summed E-state index contributed by atoms with van der Waals surface area (Å²) in [5.41, 5.74) is -2.01. The largest absolute Gasteiger partial charge is 0.481 e. The van der Waals surface area contributed by atoms with E-state index in [0.717, 1.165) is 0 Å². The first-order valence-electron chi connectivity index (χ1n) is 12.1. The van der Waals surface area contributed by atoms with Crippen molar-refractivity contribution in [1.29, 1.82) is 0 Å². The van der Waals surface area contributed by atoms with E-state index in [1.54, 1.807) is 41.5 Å². The fourth-order valence-electron chi connectivity index (χ4n) is 4.58. The van der Waals surface area contributed by atoms with Crippen molar-refractivity contribution >= 4 is 23.6 Å². The first-order valence-corrected chi connectivity index (χ1v) is 12.1. The van der Waals surface area contributed by atoms with Crippen molar-refractivity contribution in [2.24, 2.45) is 17.3 Å².